The van der Waals surface area contributed by atoms with Gasteiger partial charge in [-0.1, -0.05) is 28.8 Å². The molecule has 76 valence electrons. The van der Waals surface area contributed by atoms with Gasteiger partial charge in [-0.05, 0) is 12.8 Å². The van der Waals surface area contributed by atoms with Crippen LogP contribution in [0.4, 0.5) is 0 Å². The average molecular weight is 250 g/mol. The number of aliphatic hydroxyl groups is 1. The molecule has 2 N–H and O–H groups in total. The van der Waals surface area contributed by atoms with Crippen LogP contribution in [0.25, 0.3) is 0 Å². The number of alkyl halides is 1. The average Bonchev–Trinajstić information content (AvgIpc) is 2.51. The van der Waals surface area contributed by atoms with Crippen molar-refractivity contribution in [2.24, 2.45) is 0 Å². The third kappa shape index (κ3) is 3.65. The third-order valence-corrected chi connectivity index (χ3v) is 2.87. The van der Waals surface area contributed by atoms with E-state index >= 15 is 0 Å². The minimum Gasteiger partial charge on any atom is -0.388 e. The van der Waals surface area contributed by atoms with Crippen molar-refractivity contribution >= 4 is 21.8 Å². The van der Waals surface area contributed by atoms with Gasteiger partial charge < -0.3 is 10.4 Å². The van der Waals surface area contributed by atoms with Gasteiger partial charge in [0, 0.05) is 18.3 Å². The highest BCUT2D eigenvalue weighted by Gasteiger charge is 2.30. The number of hydrogen-bond donors (Lipinski definition) is 2. The van der Waals surface area contributed by atoms with E-state index in [0.717, 1.165) is 25.7 Å². The van der Waals surface area contributed by atoms with E-state index in [9.17, 15) is 9.90 Å². The Morgan fingerprint density at radius 2 is 2.08 bits per heavy atom. The number of halogens is 1. The quantitative estimate of drug-likeness (QED) is 0.736. The highest BCUT2D eigenvalue weighted by Crippen LogP contribution is 2.28. The number of amides is 1. The molecular formula is C9H16BrNO2. The van der Waals surface area contributed by atoms with E-state index in [4.69, 9.17) is 0 Å². The first kappa shape index (κ1) is 11.0. The Morgan fingerprint density at radius 1 is 1.46 bits per heavy atom. The number of carbonyl (C=O) groups excluding carboxylic acids is 1. The molecule has 0 aromatic carbocycles. The van der Waals surface area contributed by atoms with Crippen LogP contribution >= 0.6 is 15.9 Å². The van der Waals surface area contributed by atoms with Crippen LogP contribution in [0.1, 0.15) is 32.1 Å². The maximum absolute atomic E-state index is 11.1. The molecule has 0 atom stereocenters. The van der Waals surface area contributed by atoms with Crippen LogP contribution in [0.2, 0.25) is 0 Å². The molecule has 0 heterocycles. The van der Waals surface area contributed by atoms with Crippen molar-refractivity contribution < 1.29 is 9.90 Å². The van der Waals surface area contributed by atoms with Crippen molar-refractivity contribution in [3.05, 3.63) is 0 Å². The predicted molar refractivity (Wildman–Crippen MR) is 54.8 cm³/mol. The van der Waals surface area contributed by atoms with Crippen molar-refractivity contribution in [2.45, 2.75) is 37.7 Å². The number of rotatable bonds is 4. The molecule has 0 saturated heterocycles. The lowest BCUT2D eigenvalue weighted by Gasteiger charge is -2.22. The Balaban J connectivity index is 2.21. The maximum atomic E-state index is 11.1. The van der Waals surface area contributed by atoms with Crippen molar-refractivity contribution in [1.82, 2.24) is 5.32 Å². The lowest BCUT2D eigenvalue weighted by Crippen LogP contribution is -2.40. The van der Waals surface area contributed by atoms with E-state index in [2.05, 4.69) is 21.2 Å². The maximum Gasteiger partial charge on any atom is 0.220 e. The Bertz CT molecular complexity index is 178. The Morgan fingerprint density at radius 3 is 2.62 bits per heavy atom. The van der Waals surface area contributed by atoms with Gasteiger partial charge in [-0.3, -0.25) is 4.79 Å². The molecule has 1 fully saturated rings. The summed E-state index contributed by atoms with van der Waals surface area (Å²) in [5.41, 5.74) is -0.623. The minimum absolute atomic E-state index is 0.0113. The van der Waals surface area contributed by atoms with E-state index in [1.807, 2.05) is 0 Å². The van der Waals surface area contributed by atoms with Crippen LogP contribution in [0.5, 0.6) is 0 Å². The first-order chi connectivity index (χ1) is 6.16. The van der Waals surface area contributed by atoms with Crippen LogP contribution in [0.15, 0.2) is 0 Å². The molecule has 13 heavy (non-hydrogen) atoms. The van der Waals surface area contributed by atoms with Crippen molar-refractivity contribution in [3.8, 4) is 0 Å². The van der Waals surface area contributed by atoms with Crippen molar-refractivity contribution in [2.75, 3.05) is 11.9 Å². The molecule has 1 amide bonds. The van der Waals surface area contributed by atoms with Crippen molar-refractivity contribution in [3.63, 3.8) is 0 Å². The van der Waals surface area contributed by atoms with Crippen LogP contribution < -0.4 is 5.32 Å². The van der Waals surface area contributed by atoms with E-state index in [-0.39, 0.29) is 5.91 Å². The number of hydrogen-bond acceptors (Lipinski definition) is 2. The molecule has 0 bridgehead atoms. The van der Waals surface area contributed by atoms with Crippen LogP contribution in [-0.2, 0) is 4.79 Å². The summed E-state index contributed by atoms with van der Waals surface area (Å²) < 4.78 is 0. The zero-order valence-corrected chi connectivity index (χ0v) is 9.27. The first-order valence-electron chi connectivity index (χ1n) is 4.71. The fourth-order valence-electron chi connectivity index (χ4n) is 1.65. The van der Waals surface area contributed by atoms with Gasteiger partial charge in [0.1, 0.15) is 0 Å². The van der Waals surface area contributed by atoms with E-state index in [0.29, 0.717) is 18.3 Å². The summed E-state index contributed by atoms with van der Waals surface area (Å²) in [5.74, 6) is 0.0113. The lowest BCUT2D eigenvalue weighted by atomic mass is 10.0. The second-order valence-electron chi connectivity index (χ2n) is 3.65. The van der Waals surface area contributed by atoms with E-state index < -0.39 is 5.60 Å². The monoisotopic (exact) mass is 249 g/mol. The summed E-state index contributed by atoms with van der Waals surface area (Å²) in [6, 6.07) is 0. The highest BCUT2D eigenvalue weighted by atomic mass is 79.9. The Hall–Kier alpha value is -0.0900. The summed E-state index contributed by atoms with van der Waals surface area (Å²) in [6.07, 6.45) is 4.27. The van der Waals surface area contributed by atoms with Gasteiger partial charge >= 0.3 is 0 Å². The first-order valence-corrected chi connectivity index (χ1v) is 5.83. The van der Waals surface area contributed by atoms with E-state index in [1.165, 1.54) is 0 Å². The topological polar surface area (TPSA) is 49.3 Å². The summed E-state index contributed by atoms with van der Waals surface area (Å²) in [7, 11) is 0. The molecule has 1 aliphatic carbocycles. The van der Waals surface area contributed by atoms with Crippen LogP contribution in [-0.4, -0.2) is 28.5 Å². The molecule has 0 aliphatic heterocycles. The molecule has 0 radical (unpaired) electrons. The van der Waals surface area contributed by atoms with Gasteiger partial charge in [-0.25, -0.2) is 0 Å². The normalized spacial score (nSPS) is 20.2. The lowest BCUT2D eigenvalue weighted by molar-refractivity contribution is -0.121. The van der Waals surface area contributed by atoms with Gasteiger partial charge in [0.25, 0.3) is 0 Å². The Labute approximate surface area is 87.0 Å². The largest absolute Gasteiger partial charge is 0.388 e. The van der Waals surface area contributed by atoms with E-state index in [1.54, 1.807) is 0 Å². The molecule has 1 rings (SSSR count). The molecule has 1 saturated carbocycles. The van der Waals surface area contributed by atoms with Gasteiger partial charge in [0.05, 0.1) is 5.60 Å². The highest BCUT2D eigenvalue weighted by molar-refractivity contribution is 9.09. The molecular weight excluding hydrogens is 234 g/mol. The van der Waals surface area contributed by atoms with Crippen LogP contribution in [0.3, 0.4) is 0 Å². The summed E-state index contributed by atoms with van der Waals surface area (Å²) in [5, 5.41) is 13.3. The zero-order chi connectivity index (χ0) is 9.73. The summed E-state index contributed by atoms with van der Waals surface area (Å²) >= 11 is 3.19. The predicted octanol–water partition coefficient (Wildman–Crippen LogP) is 1.19. The molecule has 0 aromatic heterocycles. The molecule has 3 nitrogen and oxygen atoms in total. The smallest absolute Gasteiger partial charge is 0.220 e. The summed E-state index contributed by atoms with van der Waals surface area (Å²) in [6.45, 7) is 0.416. The second kappa shape index (κ2) is 4.96. The third-order valence-electron chi connectivity index (χ3n) is 2.47. The zero-order valence-electron chi connectivity index (χ0n) is 7.68. The summed E-state index contributed by atoms with van der Waals surface area (Å²) in [4.78, 5) is 11.1. The molecule has 0 spiro atoms. The molecule has 0 aromatic rings. The number of carbonyl (C=O) groups is 1. The van der Waals surface area contributed by atoms with Crippen LogP contribution in [0, 0.1) is 0 Å². The number of nitrogens with one attached hydrogen (secondary N) is 1. The van der Waals surface area contributed by atoms with Gasteiger partial charge in [-0.2, -0.15) is 0 Å². The van der Waals surface area contributed by atoms with Crippen molar-refractivity contribution in [1.29, 1.82) is 0 Å². The Kier molecular flexibility index (Phi) is 4.19. The second-order valence-corrected chi connectivity index (χ2v) is 4.44. The van der Waals surface area contributed by atoms with Gasteiger partial charge in [-0.15, -0.1) is 0 Å². The van der Waals surface area contributed by atoms with Gasteiger partial charge in [0.2, 0.25) is 5.91 Å². The SMILES string of the molecule is O=C(CCBr)NCC1(O)CCCC1. The fourth-order valence-corrected chi connectivity index (χ4v) is 2.01. The standard InChI is InChI=1S/C9H16BrNO2/c10-6-3-8(12)11-7-9(13)4-1-2-5-9/h13H,1-7H2,(H,11,12). The molecule has 4 heteroatoms. The van der Waals surface area contributed by atoms with Gasteiger partial charge in [0.15, 0.2) is 0 Å². The minimum atomic E-state index is -0.623. The fraction of sp³-hybridized carbons (Fsp3) is 0.889. The molecule has 0 unspecified atom stereocenters. The molecule has 1 aliphatic rings.